The minimum atomic E-state index is -0.0883. The van der Waals surface area contributed by atoms with Gasteiger partial charge in [-0.1, -0.05) is 49.2 Å². The van der Waals surface area contributed by atoms with E-state index < -0.39 is 0 Å². The Hall–Kier alpha value is -2.14. The average Bonchev–Trinajstić information content (AvgIpc) is 2.69. The quantitative estimate of drug-likeness (QED) is 0.549. The van der Waals surface area contributed by atoms with E-state index >= 15 is 0 Å². The number of methoxy groups -OCH3 is 1. The summed E-state index contributed by atoms with van der Waals surface area (Å²) in [5.41, 5.74) is 4.95. The number of halogens is 2. The molecule has 0 aliphatic carbocycles. The maximum absolute atomic E-state index is 9.46. The third-order valence-electron chi connectivity index (χ3n) is 4.64. The molecule has 0 fully saturated rings. The monoisotopic (exact) mass is 416 g/mol. The second kappa shape index (κ2) is 8.48. The molecule has 28 heavy (non-hydrogen) atoms. The molecule has 0 aliphatic rings. The second-order valence-electron chi connectivity index (χ2n) is 6.89. The SMILES string of the molecule is COc1nc(-c2cc(CO)ccc2Cl)nc(-c2ccc(Cl)c(C(C)C)c2)c1C. The number of rotatable bonds is 5. The number of ether oxygens (including phenoxy) is 1. The molecular weight excluding hydrogens is 395 g/mol. The molecule has 3 rings (SSSR count). The van der Waals surface area contributed by atoms with Crippen LogP contribution in [0.5, 0.6) is 5.88 Å². The van der Waals surface area contributed by atoms with Crippen LogP contribution in [0.4, 0.5) is 0 Å². The van der Waals surface area contributed by atoms with Gasteiger partial charge in [0.2, 0.25) is 5.88 Å². The third-order valence-corrected chi connectivity index (χ3v) is 5.31. The molecule has 1 N–H and O–H groups in total. The Morgan fingerprint density at radius 2 is 1.75 bits per heavy atom. The van der Waals surface area contributed by atoms with E-state index in [1.54, 1.807) is 25.3 Å². The minimum Gasteiger partial charge on any atom is -0.481 e. The normalized spacial score (nSPS) is 11.1. The predicted molar refractivity (Wildman–Crippen MR) is 114 cm³/mol. The molecule has 1 aromatic heterocycles. The summed E-state index contributed by atoms with van der Waals surface area (Å²) in [7, 11) is 1.58. The highest BCUT2D eigenvalue weighted by Gasteiger charge is 2.18. The number of aliphatic hydroxyl groups excluding tert-OH is 1. The Balaban J connectivity index is 2.24. The van der Waals surface area contributed by atoms with Gasteiger partial charge in [-0.2, -0.15) is 4.98 Å². The molecule has 0 unspecified atom stereocenters. The molecule has 6 heteroatoms. The van der Waals surface area contributed by atoms with Gasteiger partial charge in [0, 0.05) is 21.7 Å². The molecule has 0 spiro atoms. The lowest BCUT2D eigenvalue weighted by Crippen LogP contribution is -2.02. The maximum atomic E-state index is 9.46. The Bertz CT molecular complexity index is 1020. The summed E-state index contributed by atoms with van der Waals surface area (Å²) in [5, 5.41) is 10.7. The molecule has 0 saturated heterocycles. The zero-order chi connectivity index (χ0) is 20.4. The van der Waals surface area contributed by atoms with Crippen molar-refractivity contribution in [1.82, 2.24) is 9.97 Å². The summed E-state index contributed by atoms with van der Waals surface area (Å²) in [6.07, 6.45) is 0. The van der Waals surface area contributed by atoms with Crippen LogP contribution >= 0.6 is 23.2 Å². The number of hydrogen-bond donors (Lipinski definition) is 1. The summed E-state index contributed by atoms with van der Waals surface area (Å²) in [6.45, 7) is 6.04. The molecule has 2 aromatic carbocycles. The number of aliphatic hydroxyl groups is 1. The first kappa shape index (κ1) is 20.6. The van der Waals surface area contributed by atoms with Gasteiger partial charge in [0.25, 0.3) is 0 Å². The lowest BCUT2D eigenvalue weighted by molar-refractivity contribution is 0.282. The van der Waals surface area contributed by atoms with Crippen molar-refractivity contribution in [3.05, 3.63) is 63.1 Å². The van der Waals surface area contributed by atoms with Crippen molar-refractivity contribution in [3.8, 4) is 28.5 Å². The Morgan fingerprint density at radius 1 is 1.04 bits per heavy atom. The summed E-state index contributed by atoms with van der Waals surface area (Å²) < 4.78 is 5.50. The van der Waals surface area contributed by atoms with E-state index in [-0.39, 0.29) is 12.5 Å². The van der Waals surface area contributed by atoms with Crippen molar-refractivity contribution in [2.24, 2.45) is 0 Å². The molecular formula is C22H22Cl2N2O2. The highest BCUT2D eigenvalue weighted by Crippen LogP contribution is 2.35. The number of benzene rings is 2. The summed E-state index contributed by atoms with van der Waals surface area (Å²) in [5.74, 6) is 1.21. The van der Waals surface area contributed by atoms with Crippen LogP contribution in [0.2, 0.25) is 10.0 Å². The van der Waals surface area contributed by atoms with Gasteiger partial charge < -0.3 is 9.84 Å². The number of hydrogen-bond acceptors (Lipinski definition) is 4. The first-order valence-corrected chi connectivity index (χ1v) is 9.73. The van der Waals surface area contributed by atoms with Crippen LogP contribution in [-0.2, 0) is 6.61 Å². The van der Waals surface area contributed by atoms with E-state index in [0.29, 0.717) is 22.3 Å². The van der Waals surface area contributed by atoms with Crippen molar-refractivity contribution in [2.75, 3.05) is 7.11 Å². The molecule has 1 heterocycles. The van der Waals surface area contributed by atoms with Gasteiger partial charge in [-0.3, -0.25) is 0 Å². The second-order valence-corrected chi connectivity index (χ2v) is 7.71. The van der Waals surface area contributed by atoms with Gasteiger partial charge in [-0.05, 0) is 48.2 Å². The van der Waals surface area contributed by atoms with Crippen molar-refractivity contribution in [1.29, 1.82) is 0 Å². The highest BCUT2D eigenvalue weighted by molar-refractivity contribution is 6.33. The number of nitrogens with zero attached hydrogens (tertiary/aromatic N) is 2. The zero-order valence-electron chi connectivity index (χ0n) is 16.3. The third kappa shape index (κ3) is 4.00. The van der Waals surface area contributed by atoms with Gasteiger partial charge in [0.15, 0.2) is 5.82 Å². The van der Waals surface area contributed by atoms with Gasteiger partial charge in [0.05, 0.1) is 24.4 Å². The van der Waals surface area contributed by atoms with E-state index in [1.165, 1.54) is 0 Å². The fourth-order valence-corrected chi connectivity index (χ4v) is 3.61. The van der Waals surface area contributed by atoms with E-state index in [0.717, 1.165) is 33.0 Å². The minimum absolute atomic E-state index is 0.0883. The smallest absolute Gasteiger partial charge is 0.220 e. The van der Waals surface area contributed by atoms with E-state index in [1.807, 2.05) is 19.1 Å². The lowest BCUT2D eigenvalue weighted by Gasteiger charge is -2.15. The standard InChI is InChI=1S/C22H22Cl2N2O2/c1-12(2)16-10-15(6-8-18(16)23)20-13(3)22(28-4)26-21(25-20)17-9-14(11-27)5-7-19(17)24/h5-10,12,27H,11H2,1-4H3. The molecule has 146 valence electrons. The fraction of sp³-hybridized carbons (Fsp3) is 0.273. The van der Waals surface area contributed by atoms with Crippen LogP contribution in [0.3, 0.4) is 0 Å². The molecule has 0 saturated carbocycles. The summed E-state index contributed by atoms with van der Waals surface area (Å²) >= 11 is 12.7. The van der Waals surface area contributed by atoms with Crippen molar-refractivity contribution in [3.63, 3.8) is 0 Å². The first-order valence-electron chi connectivity index (χ1n) is 8.97. The van der Waals surface area contributed by atoms with Crippen LogP contribution in [0.25, 0.3) is 22.6 Å². The summed E-state index contributed by atoms with van der Waals surface area (Å²) in [6, 6.07) is 11.2. The largest absolute Gasteiger partial charge is 0.481 e. The molecule has 4 nitrogen and oxygen atoms in total. The molecule has 3 aromatic rings. The Labute approximate surface area is 175 Å². The van der Waals surface area contributed by atoms with E-state index in [2.05, 4.69) is 24.9 Å². The zero-order valence-corrected chi connectivity index (χ0v) is 17.8. The maximum Gasteiger partial charge on any atom is 0.220 e. The lowest BCUT2D eigenvalue weighted by atomic mass is 9.98. The molecule has 0 amide bonds. The topological polar surface area (TPSA) is 55.2 Å². The van der Waals surface area contributed by atoms with Gasteiger partial charge in [-0.25, -0.2) is 4.98 Å². The van der Waals surface area contributed by atoms with Crippen molar-refractivity contribution < 1.29 is 9.84 Å². The molecule has 0 bridgehead atoms. The highest BCUT2D eigenvalue weighted by atomic mass is 35.5. The van der Waals surface area contributed by atoms with Crippen LogP contribution in [0.1, 0.15) is 36.5 Å². The van der Waals surface area contributed by atoms with Crippen LogP contribution in [0, 0.1) is 6.92 Å². The average molecular weight is 417 g/mol. The number of aromatic nitrogens is 2. The van der Waals surface area contributed by atoms with Crippen molar-refractivity contribution in [2.45, 2.75) is 33.3 Å². The van der Waals surface area contributed by atoms with Crippen LogP contribution < -0.4 is 4.74 Å². The van der Waals surface area contributed by atoms with Crippen LogP contribution in [-0.4, -0.2) is 22.2 Å². The fourth-order valence-electron chi connectivity index (χ4n) is 3.07. The van der Waals surface area contributed by atoms with E-state index in [4.69, 9.17) is 32.9 Å². The van der Waals surface area contributed by atoms with Gasteiger partial charge >= 0.3 is 0 Å². The first-order chi connectivity index (χ1) is 13.3. The van der Waals surface area contributed by atoms with Gasteiger partial charge in [0.1, 0.15) is 0 Å². The van der Waals surface area contributed by atoms with E-state index in [9.17, 15) is 5.11 Å². The Morgan fingerprint density at radius 3 is 2.39 bits per heavy atom. The predicted octanol–water partition coefficient (Wildman–Crippen LogP) is 6.05. The molecule has 0 radical (unpaired) electrons. The summed E-state index contributed by atoms with van der Waals surface area (Å²) in [4.78, 5) is 9.32. The van der Waals surface area contributed by atoms with Gasteiger partial charge in [-0.15, -0.1) is 0 Å². The van der Waals surface area contributed by atoms with Crippen LogP contribution in [0.15, 0.2) is 36.4 Å². The Kier molecular flexibility index (Phi) is 6.23. The molecule has 0 aliphatic heterocycles. The van der Waals surface area contributed by atoms with Crippen molar-refractivity contribution >= 4 is 23.2 Å². The molecule has 0 atom stereocenters.